The molecule has 1 aromatic rings. The number of benzene rings is 1. The Morgan fingerprint density at radius 3 is 2.33 bits per heavy atom. The summed E-state index contributed by atoms with van der Waals surface area (Å²) in [4.78, 5) is 0. The Morgan fingerprint density at radius 2 is 1.93 bits per heavy atom. The summed E-state index contributed by atoms with van der Waals surface area (Å²) < 4.78 is 49.0. The Morgan fingerprint density at radius 1 is 1.33 bits per heavy atom. The molecule has 84 valence electrons. The number of alkyl halides is 4. The first kappa shape index (κ1) is 12.3. The SMILES string of the molecule is N[C@@H](CF)c1ccc(C(F)(F)F)c(Cl)c1. The zero-order valence-corrected chi connectivity index (χ0v) is 8.24. The molecular formula is C9H8ClF4N. The number of nitrogens with two attached hydrogens (primary N) is 1. The Hall–Kier alpha value is -0.810. The first-order valence-electron chi connectivity index (χ1n) is 4.04. The number of hydrogen-bond acceptors (Lipinski definition) is 1. The van der Waals surface area contributed by atoms with Crippen LogP contribution >= 0.6 is 11.6 Å². The van der Waals surface area contributed by atoms with Crippen molar-refractivity contribution < 1.29 is 17.6 Å². The van der Waals surface area contributed by atoms with Gasteiger partial charge in [0.05, 0.1) is 16.6 Å². The zero-order chi connectivity index (χ0) is 11.6. The first-order chi connectivity index (χ1) is 6.86. The molecule has 0 saturated carbocycles. The van der Waals surface area contributed by atoms with Gasteiger partial charge in [0.25, 0.3) is 0 Å². The Bertz CT molecular complexity index is 350. The molecule has 1 nitrogen and oxygen atoms in total. The zero-order valence-electron chi connectivity index (χ0n) is 7.48. The highest BCUT2D eigenvalue weighted by Crippen LogP contribution is 2.35. The van der Waals surface area contributed by atoms with E-state index >= 15 is 0 Å². The van der Waals surface area contributed by atoms with Crippen LogP contribution in [0.5, 0.6) is 0 Å². The number of rotatable bonds is 2. The summed E-state index contributed by atoms with van der Waals surface area (Å²) in [6.07, 6.45) is -4.50. The third-order valence-corrected chi connectivity index (χ3v) is 2.21. The maximum absolute atomic E-state index is 12.3. The minimum atomic E-state index is -4.50. The Kier molecular flexibility index (Phi) is 3.57. The molecule has 0 radical (unpaired) electrons. The molecule has 0 spiro atoms. The molecule has 15 heavy (non-hydrogen) atoms. The minimum absolute atomic E-state index is 0.246. The van der Waals surface area contributed by atoms with Gasteiger partial charge in [-0.1, -0.05) is 17.7 Å². The molecule has 0 aliphatic rings. The normalized spacial score (nSPS) is 14.0. The fourth-order valence-corrected chi connectivity index (χ4v) is 1.38. The second kappa shape index (κ2) is 4.37. The van der Waals surface area contributed by atoms with E-state index < -0.39 is 29.5 Å². The van der Waals surface area contributed by atoms with Gasteiger partial charge in [-0.25, -0.2) is 4.39 Å². The first-order valence-corrected chi connectivity index (χ1v) is 4.42. The van der Waals surface area contributed by atoms with Crippen LogP contribution in [0, 0.1) is 0 Å². The van der Waals surface area contributed by atoms with E-state index in [9.17, 15) is 17.6 Å². The van der Waals surface area contributed by atoms with E-state index in [2.05, 4.69) is 0 Å². The van der Waals surface area contributed by atoms with Gasteiger partial charge in [-0.3, -0.25) is 0 Å². The molecule has 1 aromatic carbocycles. The largest absolute Gasteiger partial charge is 0.417 e. The Balaban J connectivity index is 3.09. The van der Waals surface area contributed by atoms with Crippen molar-refractivity contribution in [1.29, 1.82) is 0 Å². The van der Waals surface area contributed by atoms with E-state index in [1.165, 1.54) is 0 Å². The maximum atomic E-state index is 12.3. The summed E-state index contributed by atoms with van der Waals surface area (Å²) in [7, 11) is 0. The summed E-state index contributed by atoms with van der Waals surface area (Å²) >= 11 is 5.42. The second-order valence-corrected chi connectivity index (χ2v) is 3.41. The lowest BCUT2D eigenvalue weighted by atomic mass is 10.1. The second-order valence-electron chi connectivity index (χ2n) is 3.00. The summed E-state index contributed by atoms with van der Waals surface area (Å²) in [6, 6.07) is 2.02. The van der Waals surface area contributed by atoms with Crippen LogP contribution in [0.15, 0.2) is 18.2 Å². The summed E-state index contributed by atoms with van der Waals surface area (Å²) in [6.45, 7) is -0.846. The molecular weight excluding hydrogens is 234 g/mol. The van der Waals surface area contributed by atoms with Crippen LogP contribution in [0.25, 0.3) is 0 Å². The van der Waals surface area contributed by atoms with Crippen molar-refractivity contribution in [2.75, 3.05) is 6.67 Å². The highest BCUT2D eigenvalue weighted by Gasteiger charge is 2.33. The van der Waals surface area contributed by atoms with Crippen molar-refractivity contribution in [3.8, 4) is 0 Å². The van der Waals surface area contributed by atoms with Crippen molar-refractivity contribution in [2.45, 2.75) is 12.2 Å². The topological polar surface area (TPSA) is 26.0 Å². The van der Waals surface area contributed by atoms with Crippen LogP contribution in [0.2, 0.25) is 5.02 Å². The van der Waals surface area contributed by atoms with Gasteiger partial charge >= 0.3 is 6.18 Å². The lowest BCUT2D eigenvalue weighted by molar-refractivity contribution is -0.137. The van der Waals surface area contributed by atoms with Crippen molar-refractivity contribution in [3.05, 3.63) is 34.3 Å². The third-order valence-electron chi connectivity index (χ3n) is 1.89. The van der Waals surface area contributed by atoms with Gasteiger partial charge in [0.15, 0.2) is 0 Å². The standard InChI is InChI=1S/C9H8ClF4N/c10-7-3-5(8(15)4-11)1-2-6(7)9(12,13)14/h1-3,8H,4,15H2/t8-/m0/s1. The van der Waals surface area contributed by atoms with E-state index in [0.717, 1.165) is 18.2 Å². The van der Waals surface area contributed by atoms with E-state index in [4.69, 9.17) is 17.3 Å². The molecule has 1 rings (SSSR count). The van der Waals surface area contributed by atoms with E-state index in [-0.39, 0.29) is 5.56 Å². The maximum Gasteiger partial charge on any atom is 0.417 e. The quantitative estimate of drug-likeness (QED) is 0.790. The van der Waals surface area contributed by atoms with E-state index in [1.54, 1.807) is 0 Å². The van der Waals surface area contributed by atoms with Gasteiger partial charge < -0.3 is 5.73 Å². The van der Waals surface area contributed by atoms with Crippen molar-refractivity contribution in [2.24, 2.45) is 5.73 Å². The average molecular weight is 242 g/mol. The van der Waals surface area contributed by atoms with E-state index in [1.807, 2.05) is 0 Å². The van der Waals surface area contributed by atoms with Crippen molar-refractivity contribution >= 4 is 11.6 Å². The number of halogens is 5. The van der Waals surface area contributed by atoms with Crippen LogP contribution < -0.4 is 5.73 Å². The predicted octanol–water partition coefficient (Wildman–Crippen LogP) is 3.33. The van der Waals surface area contributed by atoms with Gasteiger partial charge in [0.2, 0.25) is 0 Å². The Labute approximate surface area is 88.8 Å². The fourth-order valence-electron chi connectivity index (χ4n) is 1.08. The molecule has 0 bridgehead atoms. The monoisotopic (exact) mass is 241 g/mol. The van der Waals surface area contributed by atoms with Gasteiger partial charge in [-0.2, -0.15) is 13.2 Å². The van der Waals surface area contributed by atoms with Crippen molar-refractivity contribution in [3.63, 3.8) is 0 Å². The predicted molar refractivity (Wildman–Crippen MR) is 49.4 cm³/mol. The summed E-state index contributed by atoms with van der Waals surface area (Å²) in [5.41, 5.74) is 4.61. The fraction of sp³-hybridized carbons (Fsp3) is 0.333. The molecule has 2 N–H and O–H groups in total. The van der Waals surface area contributed by atoms with Crippen LogP contribution in [-0.2, 0) is 6.18 Å². The van der Waals surface area contributed by atoms with Gasteiger partial charge in [-0.05, 0) is 17.7 Å². The molecule has 0 saturated heterocycles. The van der Waals surface area contributed by atoms with Gasteiger partial charge in [0.1, 0.15) is 6.67 Å². The smallest absolute Gasteiger partial charge is 0.322 e. The molecule has 0 aliphatic carbocycles. The van der Waals surface area contributed by atoms with E-state index in [0.29, 0.717) is 0 Å². The van der Waals surface area contributed by atoms with Crippen LogP contribution in [0.1, 0.15) is 17.2 Å². The highest BCUT2D eigenvalue weighted by molar-refractivity contribution is 6.31. The van der Waals surface area contributed by atoms with Gasteiger partial charge in [-0.15, -0.1) is 0 Å². The summed E-state index contributed by atoms with van der Waals surface area (Å²) in [5.74, 6) is 0. The molecule has 0 aliphatic heterocycles. The van der Waals surface area contributed by atoms with Crippen LogP contribution in [0.3, 0.4) is 0 Å². The van der Waals surface area contributed by atoms with Gasteiger partial charge in [0, 0.05) is 0 Å². The molecule has 0 fully saturated rings. The average Bonchev–Trinajstić information content (AvgIpc) is 2.14. The molecule has 6 heteroatoms. The molecule has 0 heterocycles. The third kappa shape index (κ3) is 2.82. The molecule has 0 aromatic heterocycles. The van der Waals surface area contributed by atoms with Crippen LogP contribution in [-0.4, -0.2) is 6.67 Å². The number of hydrogen-bond donors (Lipinski definition) is 1. The van der Waals surface area contributed by atoms with Crippen LogP contribution in [0.4, 0.5) is 17.6 Å². The van der Waals surface area contributed by atoms with Crippen molar-refractivity contribution in [1.82, 2.24) is 0 Å². The molecule has 0 amide bonds. The summed E-state index contributed by atoms with van der Waals surface area (Å²) in [5, 5.41) is -0.469. The lowest BCUT2D eigenvalue weighted by Gasteiger charge is -2.12. The minimum Gasteiger partial charge on any atom is -0.322 e. The lowest BCUT2D eigenvalue weighted by Crippen LogP contribution is -2.13. The highest BCUT2D eigenvalue weighted by atomic mass is 35.5. The molecule has 1 atom stereocenters. The molecule has 0 unspecified atom stereocenters.